The predicted molar refractivity (Wildman–Crippen MR) is 107 cm³/mol. The van der Waals surface area contributed by atoms with Crippen molar-refractivity contribution in [2.75, 3.05) is 18.5 Å². The maximum atomic E-state index is 13.4. The van der Waals surface area contributed by atoms with E-state index in [2.05, 4.69) is 20.3 Å². The van der Waals surface area contributed by atoms with Gasteiger partial charge in [-0.05, 0) is 30.5 Å². The van der Waals surface area contributed by atoms with Crippen molar-refractivity contribution in [1.29, 1.82) is 0 Å². The van der Waals surface area contributed by atoms with Gasteiger partial charge in [-0.3, -0.25) is 4.98 Å². The summed E-state index contributed by atoms with van der Waals surface area (Å²) in [7, 11) is 0. The van der Waals surface area contributed by atoms with Crippen LogP contribution in [0.5, 0.6) is 0 Å². The van der Waals surface area contributed by atoms with Crippen LogP contribution in [0.15, 0.2) is 60.9 Å². The van der Waals surface area contributed by atoms with Gasteiger partial charge in [0.2, 0.25) is 0 Å². The molecule has 1 aliphatic rings. The molecule has 2 aromatic heterocycles. The summed E-state index contributed by atoms with van der Waals surface area (Å²) in [5.74, 6) is 0.237. The summed E-state index contributed by atoms with van der Waals surface area (Å²) in [5.41, 5.74) is 0.506. The van der Waals surface area contributed by atoms with Crippen LogP contribution in [-0.4, -0.2) is 28.1 Å². The minimum atomic E-state index is -4.57. The molecule has 0 saturated carbocycles. The van der Waals surface area contributed by atoms with Gasteiger partial charge >= 0.3 is 6.18 Å². The van der Waals surface area contributed by atoms with Gasteiger partial charge in [-0.1, -0.05) is 30.3 Å². The third-order valence-electron chi connectivity index (χ3n) is 5.05. The van der Waals surface area contributed by atoms with Gasteiger partial charge in [0, 0.05) is 43.1 Å². The predicted octanol–water partition coefficient (Wildman–Crippen LogP) is 5.14. The van der Waals surface area contributed by atoms with Crippen LogP contribution >= 0.6 is 0 Å². The zero-order valence-electron chi connectivity index (χ0n) is 16.1. The standard InChI is InChI=1S/C22H21F3N4O/c23-22(24,25)18-12-19(29-21(28-18)17-8-4-10-26-13-17)27-14-16-9-5-11-30-20(16)15-6-2-1-3-7-15/h1-4,6-8,10,12-13,16,20H,5,9,11,14H2,(H,27,28,29). The highest BCUT2D eigenvalue weighted by molar-refractivity contribution is 5.56. The van der Waals surface area contributed by atoms with Gasteiger partial charge < -0.3 is 10.1 Å². The van der Waals surface area contributed by atoms with E-state index in [4.69, 9.17) is 4.74 Å². The molecule has 8 heteroatoms. The number of anilines is 1. The smallest absolute Gasteiger partial charge is 0.373 e. The van der Waals surface area contributed by atoms with Gasteiger partial charge in [0.05, 0.1) is 6.10 Å². The lowest BCUT2D eigenvalue weighted by Crippen LogP contribution is -2.28. The largest absolute Gasteiger partial charge is 0.433 e. The first-order chi connectivity index (χ1) is 14.5. The molecule has 1 aromatic carbocycles. The average Bonchev–Trinajstić information content (AvgIpc) is 2.78. The van der Waals surface area contributed by atoms with Crippen molar-refractivity contribution in [3.63, 3.8) is 0 Å². The second-order valence-electron chi connectivity index (χ2n) is 7.19. The van der Waals surface area contributed by atoms with Gasteiger partial charge in [0.25, 0.3) is 0 Å². The first-order valence-corrected chi connectivity index (χ1v) is 9.78. The average molecular weight is 414 g/mol. The van der Waals surface area contributed by atoms with Crippen LogP contribution in [0.3, 0.4) is 0 Å². The SMILES string of the molecule is FC(F)(F)c1cc(NCC2CCCOC2c2ccccc2)nc(-c2cccnc2)n1. The third-order valence-corrected chi connectivity index (χ3v) is 5.05. The number of halogens is 3. The maximum Gasteiger partial charge on any atom is 0.433 e. The van der Waals surface area contributed by atoms with E-state index in [0.717, 1.165) is 24.5 Å². The number of rotatable bonds is 5. The van der Waals surface area contributed by atoms with Gasteiger partial charge in [-0.2, -0.15) is 13.2 Å². The zero-order valence-corrected chi connectivity index (χ0v) is 16.1. The molecular formula is C22H21F3N4O. The van der Waals surface area contributed by atoms with Crippen LogP contribution in [0.1, 0.15) is 30.2 Å². The van der Waals surface area contributed by atoms with E-state index in [0.29, 0.717) is 18.7 Å². The molecule has 3 aromatic rings. The molecular weight excluding hydrogens is 393 g/mol. The number of alkyl halides is 3. The fourth-order valence-corrected chi connectivity index (χ4v) is 3.61. The monoisotopic (exact) mass is 414 g/mol. The fraction of sp³-hybridized carbons (Fsp3) is 0.318. The molecule has 1 aliphatic heterocycles. The minimum Gasteiger partial charge on any atom is -0.373 e. The molecule has 156 valence electrons. The molecule has 0 amide bonds. The quantitative estimate of drug-likeness (QED) is 0.627. The number of hydrogen-bond acceptors (Lipinski definition) is 5. The zero-order chi connectivity index (χ0) is 21.0. The second kappa shape index (κ2) is 8.79. The van der Waals surface area contributed by atoms with E-state index >= 15 is 0 Å². The lowest BCUT2D eigenvalue weighted by Gasteiger charge is -2.32. The molecule has 2 atom stereocenters. The van der Waals surface area contributed by atoms with E-state index in [1.165, 1.54) is 6.20 Å². The van der Waals surface area contributed by atoms with Gasteiger partial charge in [0.1, 0.15) is 5.82 Å². The Morgan fingerprint density at radius 2 is 1.90 bits per heavy atom. The van der Waals surface area contributed by atoms with Crippen molar-refractivity contribution in [1.82, 2.24) is 15.0 Å². The maximum absolute atomic E-state index is 13.4. The molecule has 1 fully saturated rings. The Morgan fingerprint density at radius 1 is 1.07 bits per heavy atom. The molecule has 5 nitrogen and oxygen atoms in total. The van der Waals surface area contributed by atoms with Crippen molar-refractivity contribution in [2.45, 2.75) is 25.1 Å². The number of nitrogens with one attached hydrogen (secondary N) is 1. The third kappa shape index (κ3) is 4.76. The summed E-state index contributed by atoms with van der Waals surface area (Å²) >= 11 is 0. The highest BCUT2D eigenvalue weighted by atomic mass is 19.4. The van der Waals surface area contributed by atoms with Crippen molar-refractivity contribution in [3.8, 4) is 11.4 Å². The number of hydrogen-bond donors (Lipinski definition) is 1. The van der Waals surface area contributed by atoms with Crippen LogP contribution in [0.2, 0.25) is 0 Å². The topological polar surface area (TPSA) is 59.9 Å². The van der Waals surface area contributed by atoms with Crippen LogP contribution in [0.25, 0.3) is 11.4 Å². The van der Waals surface area contributed by atoms with Crippen LogP contribution in [0, 0.1) is 5.92 Å². The van der Waals surface area contributed by atoms with E-state index in [9.17, 15) is 13.2 Å². The Balaban J connectivity index is 1.57. The first kappa shape index (κ1) is 20.3. The Morgan fingerprint density at radius 3 is 2.63 bits per heavy atom. The summed E-state index contributed by atoms with van der Waals surface area (Å²) in [5, 5.41) is 3.09. The summed E-state index contributed by atoms with van der Waals surface area (Å²) in [4.78, 5) is 11.9. The van der Waals surface area contributed by atoms with Gasteiger partial charge in [0.15, 0.2) is 11.5 Å². The number of benzene rings is 1. The van der Waals surface area contributed by atoms with E-state index in [1.807, 2.05) is 30.3 Å². The van der Waals surface area contributed by atoms with Crippen molar-refractivity contribution in [3.05, 3.63) is 72.2 Å². The summed E-state index contributed by atoms with van der Waals surface area (Å²) in [6.07, 6.45) is 0.140. The molecule has 1 N–H and O–H groups in total. The Bertz CT molecular complexity index is 967. The van der Waals surface area contributed by atoms with Crippen molar-refractivity contribution < 1.29 is 17.9 Å². The Hall–Kier alpha value is -3.00. The molecule has 1 saturated heterocycles. The molecule has 0 bridgehead atoms. The highest BCUT2D eigenvalue weighted by Gasteiger charge is 2.34. The Labute approximate surface area is 172 Å². The minimum absolute atomic E-state index is 0.0140. The molecule has 0 aliphatic carbocycles. The summed E-state index contributed by atoms with van der Waals surface area (Å²) in [6, 6.07) is 14.1. The van der Waals surface area contributed by atoms with Crippen LogP contribution in [0.4, 0.5) is 19.0 Å². The number of ether oxygens (including phenoxy) is 1. The van der Waals surface area contributed by atoms with E-state index in [1.54, 1.807) is 18.3 Å². The second-order valence-corrected chi connectivity index (χ2v) is 7.19. The molecule has 0 radical (unpaired) electrons. The number of pyridine rings is 1. The van der Waals surface area contributed by atoms with Gasteiger partial charge in [-0.15, -0.1) is 0 Å². The molecule has 2 unspecified atom stereocenters. The van der Waals surface area contributed by atoms with Crippen molar-refractivity contribution in [2.24, 2.45) is 5.92 Å². The van der Waals surface area contributed by atoms with Crippen molar-refractivity contribution >= 4 is 5.82 Å². The highest BCUT2D eigenvalue weighted by Crippen LogP contribution is 2.34. The normalized spacial score (nSPS) is 19.4. The molecule has 3 heterocycles. The number of aromatic nitrogens is 3. The first-order valence-electron chi connectivity index (χ1n) is 9.78. The van der Waals surface area contributed by atoms with E-state index in [-0.39, 0.29) is 23.7 Å². The molecule has 0 spiro atoms. The molecule has 4 rings (SSSR count). The summed E-state index contributed by atoms with van der Waals surface area (Å²) < 4.78 is 46.1. The lowest BCUT2D eigenvalue weighted by molar-refractivity contribution is -0.141. The lowest BCUT2D eigenvalue weighted by atomic mass is 9.89. The van der Waals surface area contributed by atoms with E-state index < -0.39 is 11.9 Å². The number of nitrogens with zero attached hydrogens (tertiary/aromatic N) is 3. The van der Waals surface area contributed by atoms with Crippen LogP contribution in [-0.2, 0) is 10.9 Å². The fourth-order valence-electron chi connectivity index (χ4n) is 3.61. The molecule has 30 heavy (non-hydrogen) atoms. The Kier molecular flexibility index (Phi) is 5.94. The van der Waals surface area contributed by atoms with Crippen LogP contribution < -0.4 is 5.32 Å². The van der Waals surface area contributed by atoms with Gasteiger partial charge in [-0.25, -0.2) is 9.97 Å². The summed E-state index contributed by atoms with van der Waals surface area (Å²) in [6.45, 7) is 1.12.